The lowest BCUT2D eigenvalue weighted by molar-refractivity contribution is 0.0731. The predicted octanol–water partition coefficient (Wildman–Crippen LogP) is 3.27. The van der Waals surface area contributed by atoms with E-state index in [1.807, 2.05) is 0 Å². The number of hydrogen-bond acceptors (Lipinski definition) is 2. The molecule has 2 nitrogen and oxygen atoms in total. The molecule has 1 aliphatic heterocycles. The van der Waals surface area contributed by atoms with Crippen molar-refractivity contribution < 1.29 is 4.39 Å². The van der Waals surface area contributed by atoms with Crippen LogP contribution in [0, 0.1) is 17.7 Å². The van der Waals surface area contributed by atoms with Gasteiger partial charge in [-0.1, -0.05) is 13.8 Å². The Morgan fingerprint density at radius 1 is 1.33 bits per heavy atom. The molecular weight excluding hydrogens is 227 g/mol. The Morgan fingerprint density at radius 2 is 2.06 bits per heavy atom. The lowest BCUT2D eigenvalue weighted by Gasteiger charge is -2.41. The van der Waals surface area contributed by atoms with E-state index in [1.165, 1.54) is 12.5 Å². The molecule has 3 heteroatoms. The second kappa shape index (κ2) is 5.27. The normalized spacial score (nSPS) is 29.4. The Balaban J connectivity index is 2.14. The van der Waals surface area contributed by atoms with Crippen LogP contribution in [-0.2, 0) is 6.54 Å². The van der Waals surface area contributed by atoms with E-state index in [0.717, 1.165) is 18.7 Å². The summed E-state index contributed by atoms with van der Waals surface area (Å²) in [5.41, 5.74) is 7.52. The Labute approximate surface area is 109 Å². The fourth-order valence-electron chi connectivity index (χ4n) is 2.97. The van der Waals surface area contributed by atoms with Crippen molar-refractivity contribution in [1.82, 2.24) is 4.90 Å². The van der Waals surface area contributed by atoms with Gasteiger partial charge in [0.05, 0.1) is 0 Å². The molecule has 1 heterocycles. The van der Waals surface area contributed by atoms with Crippen LogP contribution in [0.15, 0.2) is 18.2 Å². The van der Waals surface area contributed by atoms with Gasteiger partial charge in [-0.15, -0.1) is 0 Å². The van der Waals surface area contributed by atoms with Crippen LogP contribution in [0.2, 0.25) is 0 Å². The van der Waals surface area contributed by atoms with Crippen LogP contribution in [0.25, 0.3) is 0 Å². The molecule has 1 aliphatic rings. The number of nitrogens with zero attached hydrogens (tertiary/aromatic N) is 1. The third-order valence-electron chi connectivity index (χ3n) is 4.20. The highest BCUT2D eigenvalue weighted by atomic mass is 19.1. The predicted molar refractivity (Wildman–Crippen MR) is 73.6 cm³/mol. The first kappa shape index (κ1) is 13.3. The maximum Gasteiger partial charge on any atom is 0.123 e. The number of hydrogen-bond donors (Lipinski definition) is 1. The summed E-state index contributed by atoms with van der Waals surface area (Å²) >= 11 is 0. The maximum atomic E-state index is 13.3. The molecule has 18 heavy (non-hydrogen) atoms. The molecule has 1 aromatic carbocycles. The van der Waals surface area contributed by atoms with Crippen molar-refractivity contribution >= 4 is 5.69 Å². The summed E-state index contributed by atoms with van der Waals surface area (Å²) < 4.78 is 13.3. The van der Waals surface area contributed by atoms with Gasteiger partial charge in [-0.05, 0) is 48.9 Å². The van der Waals surface area contributed by atoms with E-state index in [4.69, 9.17) is 5.73 Å². The zero-order chi connectivity index (χ0) is 13.3. The summed E-state index contributed by atoms with van der Waals surface area (Å²) in [6.45, 7) is 8.65. The second-order valence-electron chi connectivity index (χ2n) is 5.83. The van der Waals surface area contributed by atoms with Crippen molar-refractivity contribution in [2.75, 3.05) is 12.3 Å². The average molecular weight is 250 g/mol. The van der Waals surface area contributed by atoms with Crippen LogP contribution >= 0.6 is 0 Å². The summed E-state index contributed by atoms with van der Waals surface area (Å²) in [7, 11) is 0. The molecule has 3 atom stereocenters. The third-order valence-corrected chi connectivity index (χ3v) is 4.20. The van der Waals surface area contributed by atoms with Gasteiger partial charge >= 0.3 is 0 Å². The molecule has 0 aliphatic carbocycles. The zero-order valence-corrected chi connectivity index (χ0v) is 11.5. The van der Waals surface area contributed by atoms with Gasteiger partial charge in [-0.2, -0.15) is 0 Å². The van der Waals surface area contributed by atoms with Crippen molar-refractivity contribution in [3.05, 3.63) is 29.6 Å². The van der Waals surface area contributed by atoms with Crippen molar-refractivity contribution in [2.45, 2.75) is 39.8 Å². The number of nitrogen functional groups attached to an aromatic ring is 1. The van der Waals surface area contributed by atoms with E-state index >= 15 is 0 Å². The molecule has 1 aromatic rings. The first-order chi connectivity index (χ1) is 8.47. The highest BCUT2D eigenvalue weighted by Gasteiger charge is 2.28. The number of nitrogens with two attached hydrogens (primary N) is 1. The SMILES string of the molecule is CC1CC(C)C(C)N(Cc2cc(F)ccc2N)C1. The molecule has 0 spiro atoms. The molecule has 2 N–H and O–H groups in total. The van der Waals surface area contributed by atoms with Gasteiger partial charge in [0.15, 0.2) is 0 Å². The van der Waals surface area contributed by atoms with E-state index in [1.54, 1.807) is 12.1 Å². The Kier molecular flexibility index (Phi) is 3.91. The maximum absolute atomic E-state index is 13.3. The second-order valence-corrected chi connectivity index (χ2v) is 5.83. The van der Waals surface area contributed by atoms with Crippen LogP contribution < -0.4 is 5.73 Å². The molecule has 0 saturated carbocycles. The van der Waals surface area contributed by atoms with Gasteiger partial charge in [-0.25, -0.2) is 4.39 Å². The number of halogens is 1. The largest absolute Gasteiger partial charge is 0.398 e. The number of benzene rings is 1. The molecule has 0 bridgehead atoms. The number of rotatable bonds is 2. The summed E-state index contributed by atoms with van der Waals surface area (Å²) in [5.74, 6) is 1.18. The topological polar surface area (TPSA) is 29.3 Å². The van der Waals surface area contributed by atoms with Crippen molar-refractivity contribution in [2.24, 2.45) is 11.8 Å². The first-order valence-corrected chi connectivity index (χ1v) is 6.75. The van der Waals surface area contributed by atoms with Crippen molar-refractivity contribution in [1.29, 1.82) is 0 Å². The minimum atomic E-state index is -0.204. The molecule has 0 radical (unpaired) electrons. The summed E-state index contributed by atoms with van der Waals surface area (Å²) in [5, 5.41) is 0. The van der Waals surface area contributed by atoms with Gasteiger partial charge < -0.3 is 5.73 Å². The van der Waals surface area contributed by atoms with Crippen LogP contribution in [0.3, 0.4) is 0 Å². The fourth-order valence-corrected chi connectivity index (χ4v) is 2.97. The molecule has 1 saturated heterocycles. The average Bonchev–Trinajstić information content (AvgIpc) is 2.30. The molecular formula is C15H23FN2. The summed E-state index contributed by atoms with van der Waals surface area (Å²) in [6, 6.07) is 5.17. The van der Waals surface area contributed by atoms with E-state index in [0.29, 0.717) is 23.6 Å². The minimum absolute atomic E-state index is 0.204. The quantitative estimate of drug-likeness (QED) is 0.816. The van der Waals surface area contributed by atoms with Gasteiger partial charge in [0.25, 0.3) is 0 Å². The number of anilines is 1. The van der Waals surface area contributed by atoms with Crippen molar-refractivity contribution in [3.8, 4) is 0 Å². The van der Waals surface area contributed by atoms with Gasteiger partial charge in [0, 0.05) is 24.8 Å². The summed E-state index contributed by atoms with van der Waals surface area (Å²) in [4.78, 5) is 2.42. The molecule has 2 rings (SSSR count). The lowest BCUT2D eigenvalue weighted by atomic mass is 9.85. The molecule has 0 amide bonds. The Morgan fingerprint density at radius 3 is 2.78 bits per heavy atom. The van der Waals surface area contributed by atoms with Crippen LogP contribution in [0.5, 0.6) is 0 Å². The minimum Gasteiger partial charge on any atom is -0.398 e. The molecule has 100 valence electrons. The first-order valence-electron chi connectivity index (χ1n) is 6.75. The molecule has 3 unspecified atom stereocenters. The van der Waals surface area contributed by atoms with Gasteiger partial charge in [0.2, 0.25) is 0 Å². The van der Waals surface area contributed by atoms with Gasteiger partial charge in [0.1, 0.15) is 5.82 Å². The van der Waals surface area contributed by atoms with Crippen LogP contribution in [0.1, 0.15) is 32.8 Å². The Bertz CT molecular complexity index is 419. The molecule has 1 fully saturated rings. The lowest BCUT2D eigenvalue weighted by Crippen LogP contribution is -2.45. The highest BCUT2D eigenvalue weighted by molar-refractivity contribution is 5.46. The standard InChI is InChI=1S/C15H23FN2/c1-10-6-11(2)12(3)18(8-10)9-13-7-14(16)4-5-15(13)17/h4-5,7,10-12H,6,8-9,17H2,1-3H3. The monoisotopic (exact) mass is 250 g/mol. The van der Waals surface area contributed by atoms with E-state index in [2.05, 4.69) is 25.7 Å². The number of likely N-dealkylation sites (tertiary alicyclic amines) is 1. The Hall–Kier alpha value is -1.09. The molecule has 0 aromatic heterocycles. The fraction of sp³-hybridized carbons (Fsp3) is 0.600. The van der Waals surface area contributed by atoms with E-state index < -0.39 is 0 Å². The van der Waals surface area contributed by atoms with Crippen LogP contribution in [-0.4, -0.2) is 17.5 Å². The summed E-state index contributed by atoms with van der Waals surface area (Å²) in [6.07, 6.45) is 1.27. The van der Waals surface area contributed by atoms with E-state index in [9.17, 15) is 4.39 Å². The third kappa shape index (κ3) is 2.83. The van der Waals surface area contributed by atoms with E-state index in [-0.39, 0.29) is 5.82 Å². The highest BCUT2D eigenvalue weighted by Crippen LogP contribution is 2.29. The van der Waals surface area contributed by atoms with Crippen LogP contribution in [0.4, 0.5) is 10.1 Å². The smallest absolute Gasteiger partial charge is 0.123 e. The number of piperidine rings is 1. The van der Waals surface area contributed by atoms with Gasteiger partial charge in [-0.3, -0.25) is 4.90 Å². The zero-order valence-electron chi connectivity index (χ0n) is 11.5. The van der Waals surface area contributed by atoms with Crippen molar-refractivity contribution in [3.63, 3.8) is 0 Å².